The Morgan fingerprint density at radius 1 is 1.33 bits per heavy atom. The summed E-state index contributed by atoms with van der Waals surface area (Å²) in [6.45, 7) is 4.43. The molecule has 0 aliphatic rings. The third-order valence-electron chi connectivity index (χ3n) is 2.88. The van der Waals surface area contributed by atoms with E-state index in [1.54, 1.807) is 0 Å². The van der Waals surface area contributed by atoms with Gasteiger partial charge < -0.3 is 14.9 Å². The highest BCUT2D eigenvalue weighted by Gasteiger charge is 2.19. The molecule has 5 heteroatoms. The smallest absolute Gasteiger partial charge is 0.323 e. The Balaban J connectivity index is 2.31. The zero-order chi connectivity index (χ0) is 13.3. The van der Waals surface area contributed by atoms with Crippen molar-refractivity contribution in [2.24, 2.45) is 5.41 Å². The van der Waals surface area contributed by atoms with Crippen LogP contribution in [-0.2, 0) is 0 Å². The summed E-state index contributed by atoms with van der Waals surface area (Å²) in [6.07, 6.45) is 0. The molecule has 0 atom stereocenters. The Hall–Kier alpha value is -2.22. The number of aromatic amines is 2. The maximum atomic E-state index is 11.2. The van der Waals surface area contributed by atoms with Gasteiger partial charge >= 0.3 is 5.69 Å². The molecule has 2 N–H and O–H groups in total. The summed E-state index contributed by atoms with van der Waals surface area (Å²) in [5, 5.41) is 9.04. The average Bonchev–Trinajstić information content (AvgIpc) is 2.67. The molecule has 0 fully saturated rings. The second-order valence-corrected chi connectivity index (χ2v) is 5.16. The van der Waals surface area contributed by atoms with Crippen LogP contribution in [0.15, 0.2) is 23.0 Å². The first-order chi connectivity index (χ1) is 8.41. The van der Waals surface area contributed by atoms with Crippen molar-refractivity contribution in [3.8, 4) is 6.07 Å². The number of rotatable bonds is 3. The van der Waals surface area contributed by atoms with Gasteiger partial charge in [0, 0.05) is 19.3 Å². The highest BCUT2D eigenvalue weighted by Crippen LogP contribution is 2.22. The number of H-pyrrole nitrogens is 2. The van der Waals surface area contributed by atoms with Gasteiger partial charge in [-0.1, -0.05) is 0 Å². The van der Waals surface area contributed by atoms with Crippen molar-refractivity contribution in [3.05, 3.63) is 28.7 Å². The van der Waals surface area contributed by atoms with E-state index in [-0.39, 0.29) is 5.69 Å². The van der Waals surface area contributed by atoms with Crippen LogP contribution in [0.2, 0.25) is 0 Å². The van der Waals surface area contributed by atoms with Crippen LogP contribution in [-0.4, -0.2) is 23.6 Å². The third-order valence-corrected chi connectivity index (χ3v) is 2.88. The van der Waals surface area contributed by atoms with Gasteiger partial charge in [-0.2, -0.15) is 5.26 Å². The third kappa shape index (κ3) is 2.38. The number of benzene rings is 1. The van der Waals surface area contributed by atoms with Gasteiger partial charge in [-0.3, -0.25) is 0 Å². The molecule has 0 saturated heterocycles. The lowest BCUT2D eigenvalue weighted by Gasteiger charge is -2.26. The summed E-state index contributed by atoms with van der Waals surface area (Å²) in [6, 6.07) is 7.97. The molecule has 0 radical (unpaired) electrons. The average molecular weight is 244 g/mol. The molecule has 1 heterocycles. The van der Waals surface area contributed by atoms with Gasteiger partial charge in [-0.25, -0.2) is 4.79 Å². The first-order valence-electron chi connectivity index (χ1n) is 5.76. The molecule has 1 aromatic heterocycles. The number of nitriles is 1. The van der Waals surface area contributed by atoms with Crippen LogP contribution in [0, 0.1) is 16.7 Å². The number of imidazole rings is 1. The molecular formula is C13H16N4O. The van der Waals surface area contributed by atoms with Gasteiger partial charge in [-0.05, 0) is 32.0 Å². The minimum Gasteiger partial charge on any atom is -0.373 e. The van der Waals surface area contributed by atoms with E-state index in [9.17, 15) is 4.79 Å². The Morgan fingerprint density at radius 2 is 2.00 bits per heavy atom. The normalized spacial score (nSPS) is 11.4. The fraction of sp³-hybridized carbons (Fsp3) is 0.385. The predicted octanol–water partition coefficient (Wildman–Crippen LogP) is 1.84. The SMILES string of the molecule is CN(CC(C)(C)C#N)c1ccc2[nH]c(=O)[nH]c2c1. The van der Waals surface area contributed by atoms with Crippen molar-refractivity contribution in [2.45, 2.75) is 13.8 Å². The van der Waals surface area contributed by atoms with Gasteiger partial charge in [0.2, 0.25) is 0 Å². The Bertz CT molecular complexity index is 659. The summed E-state index contributed by atoms with van der Waals surface area (Å²) in [5.74, 6) is 0. The van der Waals surface area contributed by atoms with Crippen molar-refractivity contribution in [1.82, 2.24) is 9.97 Å². The van der Waals surface area contributed by atoms with Gasteiger partial charge in [0.25, 0.3) is 0 Å². The Labute approximate surface area is 105 Å². The molecular weight excluding hydrogens is 228 g/mol. The van der Waals surface area contributed by atoms with Crippen LogP contribution < -0.4 is 10.6 Å². The van der Waals surface area contributed by atoms with Gasteiger partial charge in [-0.15, -0.1) is 0 Å². The molecule has 0 aliphatic carbocycles. The molecule has 2 aromatic rings. The summed E-state index contributed by atoms with van der Waals surface area (Å²) in [7, 11) is 1.94. The van der Waals surface area contributed by atoms with Crippen LogP contribution >= 0.6 is 0 Å². The number of hydrogen-bond donors (Lipinski definition) is 2. The lowest BCUT2D eigenvalue weighted by atomic mass is 9.95. The Kier molecular flexibility index (Phi) is 2.87. The molecule has 0 saturated carbocycles. The van der Waals surface area contributed by atoms with E-state index < -0.39 is 5.41 Å². The van der Waals surface area contributed by atoms with E-state index in [2.05, 4.69) is 16.0 Å². The van der Waals surface area contributed by atoms with Crippen molar-refractivity contribution >= 4 is 16.7 Å². The first kappa shape index (κ1) is 12.2. The number of fused-ring (bicyclic) bond motifs is 1. The summed E-state index contributed by atoms with van der Waals surface area (Å²) >= 11 is 0. The van der Waals surface area contributed by atoms with Crippen molar-refractivity contribution in [1.29, 1.82) is 5.26 Å². The quantitative estimate of drug-likeness (QED) is 0.865. The van der Waals surface area contributed by atoms with E-state index in [1.165, 1.54) is 0 Å². The molecule has 0 spiro atoms. The van der Waals surface area contributed by atoms with E-state index in [0.717, 1.165) is 16.7 Å². The molecule has 0 amide bonds. The molecule has 0 aliphatic heterocycles. The maximum absolute atomic E-state index is 11.2. The summed E-state index contributed by atoms with van der Waals surface area (Å²) in [4.78, 5) is 18.6. The van der Waals surface area contributed by atoms with Crippen LogP contribution in [0.5, 0.6) is 0 Å². The van der Waals surface area contributed by atoms with Crippen LogP contribution in [0.25, 0.3) is 11.0 Å². The monoisotopic (exact) mass is 244 g/mol. The molecule has 5 nitrogen and oxygen atoms in total. The van der Waals surface area contributed by atoms with Crippen molar-refractivity contribution in [2.75, 3.05) is 18.5 Å². The fourth-order valence-corrected chi connectivity index (χ4v) is 1.98. The van der Waals surface area contributed by atoms with Crippen molar-refractivity contribution < 1.29 is 0 Å². The number of aromatic nitrogens is 2. The number of anilines is 1. The maximum Gasteiger partial charge on any atom is 0.323 e. The second-order valence-electron chi connectivity index (χ2n) is 5.16. The number of hydrogen-bond acceptors (Lipinski definition) is 3. The molecule has 0 unspecified atom stereocenters. The lowest BCUT2D eigenvalue weighted by molar-refractivity contribution is 0.497. The highest BCUT2D eigenvalue weighted by atomic mass is 16.1. The van der Waals surface area contributed by atoms with Crippen LogP contribution in [0.3, 0.4) is 0 Å². The summed E-state index contributed by atoms with van der Waals surface area (Å²) < 4.78 is 0. The molecule has 2 rings (SSSR count). The molecule has 0 bridgehead atoms. The predicted molar refractivity (Wildman–Crippen MR) is 71.6 cm³/mol. The number of nitrogens with one attached hydrogen (secondary N) is 2. The van der Waals surface area contributed by atoms with Gasteiger partial charge in [0.1, 0.15) is 0 Å². The van der Waals surface area contributed by atoms with E-state index in [0.29, 0.717) is 6.54 Å². The largest absolute Gasteiger partial charge is 0.373 e. The molecule has 94 valence electrons. The zero-order valence-electron chi connectivity index (χ0n) is 10.7. The van der Waals surface area contributed by atoms with Gasteiger partial charge in [0.05, 0.1) is 22.5 Å². The standard InChI is InChI=1S/C13H16N4O/c1-13(2,7-14)8-17(3)9-4-5-10-11(6-9)16-12(18)15-10/h4-6H,8H2,1-3H3,(H2,15,16,18). The number of nitrogens with zero attached hydrogens (tertiary/aromatic N) is 2. The summed E-state index contributed by atoms with van der Waals surface area (Å²) in [5.41, 5.74) is 1.92. The lowest BCUT2D eigenvalue weighted by Crippen LogP contribution is -2.30. The minimum absolute atomic E-state index is 0.206. The van der Waals surface area contributed by atoms with E-state index >= 15 is 0 Å². The second kappa shape index (κ2) is 4.22. The van der Waals surface area contributed by atoms with E-state index in [4.69, 9.17) is 5.26 Å². The fourth-order valence-electron chi connectivity index (χ4n) is 1.98. The highest BCUT2D eigenvalue weighted by molar-refractivity contribution is 5.78. The van der Waals surface area contributed by atoms with Crippen LogP contribution in [0.1, 0.15) is 13.8 Å². The van der Waals surface area contributed by atoms with E-state index in [1.807, 2.05) is 44.0 Å². The Morgan fingerprint density at radius 3 is 2.67 bits per heavy atom. The van der Waals surface area contributed by atoms with Gasteiger partial charge in [0.15, 0.2) is 0 Å². The molecule has 1 aromatic carbocycles. The first-order valence-corrected chi connectivity index (χ1v) is 5.76. The molecule has 18 heavy (non-hydrogen) atoms. The minimum atomic E-state index is -0.407. The zero-order valence-corrected chi connectivity index (χ0v) is 10.7. The van der Waals surface area contributed by atoms with Crippen molar-refractivity contribution in [3.63, 3.8) is 0 Å². The topological polar surface area (TPSA) is 75.7 Å². The van der Waals surface area contributed by atoms with Crippen LogP contribution in [0.4, 0.5) is 5.69 Å².